The van der Waals surface area contributed by atoms with Gasteiger partial charge in [-0.2, -0.15) is 0 Å². The number of carbonyl (C=O) groups is 1. The summed E-state index contributed by atoms with van der Waals surface area (Å²) in [5.74, 6) is 2.40. The van der Waals surface area contributed by atoms with Gasteiger partial charge >= 0.3 is 0 Å². The van der Waals surface area contributed by atoms with Crippen LogP contribution in [-0.4, -0.2) is 19.0 Å². The monoisotopic (exact) mass is 440 g/mol. The fraction of sp³-hybridized carbons (Fsp3) is 0.690. The van der Waals surface area contributed by atoms with E-state index >= 15 is 0 Å². The minimum absolute atomic E-state index is 0.0183. The first-order valence-corrected chi connectivity index (χ1v) is 13.0. The molecule has 0 saturated heterocycles. The number of hydrogen-bond donors (Lipinski definition) is 0. The fourth-order valence-corrected chi connectivity index (χ4v) is 5.55. The zero-order valence-corrected chi connectivity index (χ0v) is 21.1. The number of carbonyl (C=O) groups excluding carboxylic acids is 1. The normalized spacial score (nSPS) is 25.0. The van der Waals surface area contributed by atoms with E-state index < -0.39 is 0 Å². The Labute approximate surface area is 196 Å². The van der Waals surface area contributed by atoms with Gasteiger partial charge in [0, 0.05) is 16.6 Å². The SMILES string of the molecule is CCCCCCOc1ccc(OCCCCCC)c(C=C2C(=O)C3(C)CCC2C3(C)C)c1. The Morgan fingerprint density at radius 3 is 2.19 bits per heavy atom. The van der Waals surface area contributed by atoms with Crippen LogP contribution in [0.1, 0.15) is 104 Å². The van der Waals surface area contributed by atoms with Crippen molar-refractivity contribution < 1.29 is 14.3 Å². The number of ether oxygens (including phenoxy) is 2. The van der Waals surface area contributed by atoms with Crippen LogP contribution >= 0.6 is 0 Å². The molecule has 0 heterocycles. The van der Waals surface area contributed by atoms with Crippen LogP contribution in [0, 0.1) is 16.7 Å². The number of benzene rings is 1. The molecular weight excluding hydrogens is 396 g/mol. The molecule has 3 rings (SSSR count). The van der Waals surface area contributed by atoms with E-state index in [0.717, 1.165) is 54.9 Å². The number of allylic oxidation sites excluding steroid dienone is 1. The summed E-state index contributed by atoms with van der Waals surface area (Å²) in [7, 11) is 0. The van der Waals surface area contributed by atoms with Crippen molar-refractivity contribution in [3.8, 4) is 11.5 Å². The summed E-state index contributed by atoms with van der Waals surface area (Å²) >= 11 is 0. The average Bonchev–Trinajstić information content (AvgIpc) is 3.08. The maximum Gasteiger partial charge on any atom is 0.165 e. The summed E-state index contributed by atoms with van der Waals surface area (Å²) in [5.41, 5.74) is 1.75. The second-order valence-electron chi connectivity index (χ2n) is 10.6. The lowest BCUT2D eigenvalue weighted by Gasteiger charge is -2.31. The smallest absolute Gasteiger partial charge is 0.165 e. The van der Waals surface area contributed by atoms with E-state index in [-0.39, 0.29) is 10.8 Å². The van der Waals surface area contributed by atoms with E-state index in [1.165, 1.54) is 38.5 Å². The number of ketones is 1. The molecule has 0 amide bonds. The zero-order chi connectivity index (χ0) is 23.2. The summed E-state index contributed by atoms with van der Waals surface area (Å²) in [4.78, 5) is 13.4. The number of hydrogen-bond acceptors (Lipinski definition) is 3. The van der Waals surface area contributed by atoms with Crippen molar-refractivity contribution >= 4 is 11.9 Å². The van der Waals surface area contributed by atoms with Crippen LogP contribution in [0.4, 0.5) is 0 Å². The van der Waals surface area contributed by atoms with Gasteiger partial charge in [-0.05, 0) is 61.3 Å². The van der Waals surface area contributed by atoms with E-state index in [1.54, 1.807) is 0 Å². The topological polar surface area (TPSA) is 35.5 Å². The Hall–Kier alpha value is -1.77. The van der Waals surface area contributed by atoms with E-state index in [1.807, 2.05) is 12.1 Å². The molecule has 0 spiro atoms. The second-order valence-corrected chi connectivity index (χ2v) is 10.6. The molecule has 2 aliphatic rings. The van der Waals surface area contributed by atoms with Crippen molar-refractivity contribution in [3.05, 3.63) is 29.3 Å². The van der Waals surface area contributed by atoms with E-state index in [2.05, 4.69) is 46.8 Å². The maximum atomic E-state index is 13.4. The Kier molecular flexibility index (Phi) is 8.47. The lowest BCUT2D eigenvalue weighted by Crippen LogP contribution is -2.32. The van der Waals surface area contributed by atoms with Gasteiger partial charge in [0.15, 0.2) is 5.78 Å². The lowest BCUT2D eigenvalue weighted by molar-refractivity contribution is -0.125. The van der Waals surface area contributed by atoms with Crippen LogP contribution in [0.5, 0.6) is 11.5 Å². The third-order valence-corrected chi connectivity index (χ3v) is 8.18. The van der Waals surface area contributed by atoms with Crippen molar-refractivity contribution in [1.29, 1.82) is 0 Å². The van der Waals surface area contributed by atoms with Crippen molar-refractivity contribution in [2.75, 3.05) is 13.2 Å². The summed E-state index contributed by atoms with van der Waals surface area (Å²) < 4.78 is 12.2. The highest BCUT2D eigenvalue weighted by Gasteiger charge is 2.63. The predicted octanol–water partition coefficient (Wildman–Crippen LogP) is 8.01. The van der Waals surface area contributed by atoms with Gasteiger partial charge < -0.3 is 9.47 Å². The molecular formula is C29H44O3. The number of rotatable bonds is 13. The highest BCUT2D eigenvalue weighted by atomic mass is 16.5. The maximum absolute atomic E-state index is 13.4. The fourth-order valence-electron chi connectivity index (χ4n) is 5.55. The first-order valence-electron chi connectivity index (χ1n) is 13.0. The lowest BCUT2D eigenvalue weighted by atomic mass is 9.70. The zero-order valence-electron chi connectivity index (χ0n) is 21.1. The quantitative estimate of drug-likeness (QED) is 0.230. The Morgan fingerprint density at radius 1 is 0.938 bits per heavy atom. The number of unbranched alkanes of at least 4 members (excludes halogenated alkanes) is 6. The van der Waals surface area contributed by atoms with Gasteiger partial charge in [0.05, 0.1) is 13.2 Å². The Bertz CT molecular complexity index is 807. The van der Waals surface area contributed by atoms with Crippen molar-refractivity contribution in [2.45, 2.75) is 98.8 Å². The van der Waals surface area contributed by atoms with Gasteiger partial charge in [-0.3, -0.25) is 4.79 Å². The Morgan fingerprint density at radius 2 is 1.59 bits per heavy atom. The van der Waals surface area contributed by atoms with Gasteiger partial charge in [0.1, 0.15) is 11.5 Å². The molecule has 0 radical (unpaired) electrons. The third-order valence-electron chi connectivity index (χ3n) is 8.18. The van der Waals surface area contributed by atoms with Gasteiger partial charge in [0.2, 0.25) is 0 Å². The van der Waals surface area contributed by atoms with Gasteiger partial charge in [-0.25, -0.2) is 0 Å². The molecule has 0 aromatic heterocycles. The van der Waals surface area contributed by atoms with Crippen LogP contribution in [0.25, 0.3) is 6.08 Å². The number of fused-ring (bicyclic) bond motifs is 2. The molecule has 1 aromatic carbocycles. The molecule has 32 heavy (non-hydrogen) atoms. The van der Waals surface area contributed by atoms with Crippen LogP contribution in [0.2, 0.25) is 0 Å². The highest BCUT2D eigenvalue weighted by molar-refractivity contribution is 6.08. The molecule has 2 bridgehead atoms. The van der Waals surface area contributed by atoms with E-state index in [0.29, 0.717) is 18.3 Å². The Balaban J connectivity index is 1.80. The molecule has 2 fully saturated rings. The second kappa shape index (κ2) is 10.9. The molecule has 3 heteroatoms. The van der Waals surface area contributed by atoms with E-state index in [9.17, 15) is 4.79 Å². The average molecular weight is 441 g/mol. The molecule has 2 atom stereocenters. The summed E-state index contributed by atoms with van der Waals surface area (Å²) in [6.45, 7) is 12.6. The first kappa shape index (κ1) is 24.9. The molecule has 2 aliphatic carbocycles. The van der Waals surface area contributed by atoms with Crippen molar-refractivity contribution in [2.24, 2.45) is 16.7 Å². The standard InChI is InChI=1S/C29H44O3/c1-6-8-10-12-18-31-23-14-15-26(32-19-13-11-9-7-2)22(20-23)21-24-25-16-17-29(5,27(24)30)28(25,3)4/h14-15,20-21,25H,6-13,16-19H2,1-5H3. The van der Waals surface area contributed by atoms with Crippen LogP contribution in [0.3, 0.4) is 0 Å². The summed E-state index contributed by atoms with van der Waals surface area (Å²) in [6, 6.07) is 6.11. The van der Waals surface area contributed by atoms with Crippen LogP contribution < -0.4 is 9.47 Å². The minimum atomic E-state index is -0.238. The van der Waals surface area contributed by atoms with Gasteiger partial charge in [-0.15, -0.1) is 0 Å². The largest absolute Gasteiger partial charge is 0.494 e. The minimum Gasteiger partial charge on any atom is -0.494 e. The molecule has 0 N–H and O–H groups in total. The summed E-state index contributed by atoms with van der Waals surface area (Å²) in [6.07, 6.45) is 13.7. The molecule has 3 nitrogen and oxygen atoms in total. The molecule has 2 unspecified atom stereocenters. The first-order chi connectivity index (χ1) is 15.3. The molecule has 2 saturated carbocycles. The molecule has 178 valence electrons. The van der Waals surface area contributed by atoms with Crippen LogP contribution in [0.15, 0.2) is 23.8 Å². The van der Waals surface area contributed by atoms with E-state index in [4.69, 9.17) is 9.47 Å². The molecule has 0 aliphatic heterocycles. The van der Waals surface area contributed by atoms with Crippen molar-refractivity contribution in [1.82, 2.24) is 0 Å². The van der Waals surface area contributed by atoms with Gasteiger partial charge in [0.25, 0.3) is 0 Å². The number of Topliss-reactive ketones (excluding diaryl/α,β-unsaturated/α-hetero) is 1. The predicted molar refractivity (Wildman–Crippen MR) is 133 cm³/mol. The summed E-state index contributed by atoms with van der Waals surface area (Å²) in [5, 5.41) is 0. The van der Waals surface area contributed by atoms with Crippen molar-refractivity contribution in [3.63, 3.8) is 0 Å². The van der Waals surface area contributed by atoms with Crippen LogP contribution in [-0.2, 0) is 4.79 Å². The molecule has 1 aromatic rings. The van der Waals surface area contributed by atoms with Gasteiger partial charge in [-0.1, -0.05) is 73.1 Å². The third kappa shape index (κ3) is 5.07. The highest BCUT2D eigenvalue weighted by Crippen LogP contribution is 2.65.